The molecule has 0 unspecified atom stereocenters. The molecule has 0 bridgehead atoms. The molecule has 0 aliphatic rings. The number of carbonyl (C=O) groups is 8. The first kappa shape index (κ1) is 63.3. The molecule has 0 radical (unpaired) electrons. The highest BCUT2D eigenvalue weighted by Gasteiger charge is 2.35. The Kier molecular flexibility index (Phi) is 25.5. The van der Waals surface area contributed by atoms with Crippen LogP contribution in [0, 0.1) is 11.8 Å². The van der Waals surface area contributed by atoms with E-state index in [-0.39, 0.29) is 62.5 Å². The van der Waals surface area contributed by atoms with Gasteiger partial charge in [-0.3, -0.25) is 43.3 Å². The van der Waals surface area contributed by atoms with E-state index in [2.05, 4.69) is 47.2 Å². The zero-order valence-electron chi connectivity index (χ0n) is 45.4. The Morgan fingerprint density at radius 1 is 0.582 bits per heavy atom. The molecule has 0 saturated heterocycles. The molecule has 430 valence electrons. The van der Waals surface area contributed by atoms with Crippen molar-refractivity contribution in [2.24, 2.45) is 45.5 Å². The largest absolute Gasteiger partial charge is 0.508 e. The highest BCUT2D eigenvalue weighted by Crippen LogP contribution is 2.21. The molecular formula is C55H80N14O10. The number of H-pyrrole nitrogens is 1. The number of hydrogen-bond donors (Lipinski definition) is 15. The summed E-state index contributed by atoms with van der Waals surface area (Å²) >= 11 is 0. The van der Waals surface area contributed by atoms with Gasteiger partial charge < -0.3 is 81.1 Å². The van der Waals surface area contributed by atoms with Crippen molar-refractivity contribution in [1.29, 1.82) is 0 Å². The topological polar surface area (TPSA) is 419 Å². The molecule has 24 nitrogen and oxygen atoms in total. The second-order valence-electron chi connectivity index (χ2n) is 19.8. The van der Waals surface area contributed by atoms with Crippen LogP contribution in [0.2, 0.25) is 0 Å². The number of amides is 8. The Morgan fingerprint density at radius 3 is 1.70 bits per heavy atom. The molecular weight excluding hydrogens is 1020 g/mol. The molecule has 0 aliphatic carbocycles. The monoisotopic (exact) mass is 1100 g/mol. The summed E-state index contributed by atoms with van der Waals surface area (Å²) in [6.45, 7) is 6.92. The summed E-state index contributed by atoms with van der Waals surface area (Å²) in [5.74, 6) is -7.03. The maximum atomic E-state index is 14.7. The van der Waals surface area contributed by atoms with Gasteiger partial charge in [0.1, 0.15) is 47.8 Å². The van der Waals surface area contributed by atoms with Crippen LogP contribution in [0.3, 0.4) is 0 Å². The average molecular weight is 1100 g/mol. The van der Waals surface area contributed by atoms with Crippen molar-refractivity contribution in [2.45, 2.75) is 134 Å². The van der Waals surface area contributed by atoms with Crippen molar-refractivity contribution in [2.75, 3.05) is 19.6 Å². The molecule has 24 heteroatoms. The number of phenolic OH excluding ortho intramolecular Hbond substituents is 2. The molecule has 0 fully saturated rings. The van der Waals surface area contributed by atoms with E-state index < -0.39 is 108 Å². The van der Waals surface area contributed by atoms with E-state index in [0.717, 1.165) is 10.9 Å². The number of nitrogens with one attached hydrogen (secondary N) is 8. The minimum absolute atomic E-state index is 0.0212. The normalized spacial score (nSPS) is 14.6. The fraction of sp³-hybridized carbons (Fsp3) is 0.473. The summed E-state index contributed by atoms with van der Waals surface area (Å²) in [4.78, 5) is 118. The van der Waals surface area contributed by atoms with Crippen LogP contribution in [0.4, 0.5) is 0 Å². The summed E-state index contributed by atoms with van der Waals surface area (Å²) in [6.07, 6.45) is 4.04. The van der Waals surface area contributed by atoms with Crippen LogP contribution in [0.5, 0.6) is 11.5 Å². The first-order chi connectivity index (χ1) is 37.6. The van der Waals surface area contributed by atoms with Crippen LogP contribution in [0.1, 0.15) is 89.3 Å². The van der Waals surface area contributed by atoms with E-state index in [1.165, 1.54) is 24.3 Å². The van der Waals surface area contributed by atoms with Crippen molar-refractivity contribution in [3.05, 3.63) is 95.7 Å². The molecule has 1 heterocycles. The minimum atomic E-state index is -1.34. The van der Waals surface area contributed by atoms with Gasteiger partial charge in [0.05, 0.1) is 12.6 Å². The van der Waals surface area contributed by atoms with Crippen LogP contribution in [-0.2, 0) is 57.6 Å². The highest BCUT2D eigenvalue weighted by molar-refractivity contribution is 5.98. The van der Waals surface area contributed by atoms with E-state index in [1.807, 2.05) is 24.3 Å². The molecule has 0 aliphatic heterocycles. The number of unbranched alkanes of at least 4 members (excludes halogenated alkanes) is 1. The number of hydrogen-bond acceptors (Lipinski definition) is 13. The fourth-order valence-electron chi connectivity index (χ4n) is 8.58. The number of aromatic nitrogens is 1. The number of guanidine groups is 1. The SMILES string of the molecule is CC[C@H](C)[C@H](NC(=O)CNC(=O)[C@@H](NC(=O)[C@H](Cc1c[nH]c2ccccc12)NC(=O)[C@H](Cc1ccc(O)cc1)NC(=O)[C@@H](N)Cc1ccc(O)cc1)[C@@H](C)CC)C(=O)N[C@@H](CCCN=C(N)N)C(=O)N[C@@H](CCCCN)C(N)=O. The predicted molar refractivity (Wildman–Crippen MR) is 299 cm³/mol. The van der Waals surface area contributed by atoms with Crippen LogP contribution in [0.25, 0.3) is 10.9 Å². The third kappa shape index (κ3) is 20.6. The smallest absolute Gasteiger partial charge is 0.243 e. The molecule has 0 saturated carbocycles. The predicted octanol–water partition coefficient (Wildman–Crippen LogP) is -0.281. The van der Waals surface area contributed by atoms with Gasteiger partial charge in [0.15, 0.2) is 5.96 Å². The lowest BCUT2D eigenvalue weighted by molar-refractivity contribution is -0.135. The lowest BCUT2D eigenvalue weighted by Crippen LogP contribution is -2.60. The number of primary amides is 1. The summed E-state index contributed by atoms with van der Waals surface area (Å²) in [6, 6.07) is 11.1. The van der Waals surface area contributed by atoms with Gasteiger partial charge in [-0.15, -0.1) is 0 Å². The summed E-state index contributed by atoms with van der Waals surface area (Å²) in [5.41, 5.74) is 31.1. The second-order valence-corrected chi connectivity index (χ2v) is 19.8. The fourth-order valence-corrected chi connectivity index (χ4v) is 8.58. The Balaban J connectivity index is 1.55. The van der Waals surface area contributed by atoms with Gasteiger partial charge in [0, 0.05) is 36.5 Å². The lowest BCUT2D eigenvalue weighted by atomic mass is 9.96. The van der Waals surface area contributed by atoms with Gasteiger partial charge in [0.25, 0.3) is 0 Å². The first-order valence-electron chi connectivity index (χ1n) is 26.6. The Hall–Kier alpha value is -8.25. The number of aromatic hydroxyl groups is 2. The van der Waals surface area contributed by atoms with Crippen LogP contribution >= 0.6 is 0 Å². The van der Waals surface area contributed by atoms with Gasteiger partial charge in [-0.25, -0.2) is 0 Å². The van der Waals surface area contributed by atoms with Crippen molar-refractivity contribution < 1.29 is 48.6 Å². The van der Waals surface area contributed by atoms with Crippen molar-refractivity contribution in [1.82, 2.24) is 42.2 Å². The lowest BCUT2D eigenvalue weighted by Gasteiger charge is -2.28. The Morgan fingerprint density at radius 2 is 1.10 bits per heavy atom. The van der Waals surface area contributed by atoms with Gasteiger partial charge in [-0.05, 0) is 104 Å². The summed E-state index contributed by atoms with van der Waals surface area (Å²) in [7, 11) is 0. The third-order valence-corrected chi connectivity index (χ3v) is 13.7. The molecule has 4 rings (SSSR count). The molecule has 8 amide bonds. The number of phenols is 2. The number of aromatic amines is 1. The number of carbonyl (C=O) groups excluding carboxylic acids is 8. The maximum Gasteiger partial charge on any atom is 0.243 e. The molecule has 4 aromatic rings. The number of fused-ring (bicyclic) bond motifs is 1. The van der Waals surface area contributed by atoms with Gasteiger partial charge in [-0.1, -0.05) is 83.0 Å². The number of aliphatic imine (C=N–C) groups is 1. The zero-order valence-corrected chi connectivity index (χ0v) is 45.4. The van der Waals surface area contributed by atoms with Crippen molar-refractivity contribution >= 4 is 64.1 Å². The Bertz CT molecular complexity index is 2700. The van der Waals surface area contributed by atoms with Crippen LogP contribution < -0.4 is 65.9 Å². The molecule has 9 atom stereocenters. The third-order valence-electron chi connectivity index (χ3n) is 13.7. The Labute approximate surface area is 460 Å². The molecule has 79 heavy (non-hydrogen) atoms. The van der Waals surface area contributed by atoms with E-state index in [0.29, 0.717) is 48.9 Å². The highest BCUT2D eigenvalue weighted by atomic mass is 16.3. The van der Waals surface area contributed by atoms with E-state index in [1.54, 1.807) is 58.2 Å². The van der Waals surface area contributed by atoms with Crippen LogP contribution in [0.15, 0.2) is 84.0 Å². The standard InChI is InChI=1S/C55H80N14O10/c1-5-31(3)46(53(78)63-30-45(72)68-47(32(4)6-2)54(79)65-42(15-11-25-61-55(59)60)50(75)64-41(48(58)73)14-9-10-24-56)69-52(77)44(28-35-29-62-40-13-8-7-12-38(35)40)67-51(76)43(27-34-18-22-37(71)23-19-34)66-49(74)39(57)26-33-16-20-36(70)21-17-33/h7-8,12-13,16-23,29,31-32,39,41-44,46-47,62,70-71H,5-6,9-11,14-15,24-28,30,56-57H2,1-4H3,(H2,58,73)(H,63,78)(H,64,75)(H,65,79)(H,66,74)(H,67,76)(H,68,72)(H,69,77)(H4,59,60,61)/t31-,32-,39-,41-,42-,43-,44-,46-,47-/m0/s1. The van der Waals surface area contributed by atoms with E-state index >= 15 is 0 Å². The second kappa shape index (κ2) is 31.8. The van der Waals surface area contributed by atoms with Crippen molar-refractivity contribution in [3.63, 3.8) is 0 Å². The van der Waals surface area contributed by atoms with E-state index in [4.69, 9.17) is 28.7 Å². The minimum Gasteiger partial charge on any atom is -0.508 e. The van der Waals surface area contributed by atoms with Gasteiger partial charge in [-0.2, -0.15) is 0 Å². The van der Waals surface area contributed by atoms with Crippen LogP contribution in [-0.4, -0.2) is 130 Å². The maximum absolute atomic E-state index is 14.7. The summed E-state index contributed by atoms with van der Waals surface area (Å²) in [5, 5.41) is 39.4. The molecule has 3 aromatic carbocycles. The number of benzene rings is 3. The van der Waals surface area contributed by atoms with Gasteiger partial charge >= 0.3 is 0 Å². The van der Waals surface area contributed by atoms with Crippen molar-refractivity contribution in [3.8, 4) is 11.5 Å². The molecule has 1 aromatic heterocycles. The first-order valence-corrected chi connectivity index (χ1v) is 26.6. The number of rotatable bonds is 33. The van der Waals surface area contributed by atoms with E-state index in [9.17, 15) is 48.6 Å². The quantitative estimate of drug-likeness (QED) is 0.0166. The number of para-hydroxylation sites is 1. The van der Waals surface area contributed by atoms with Gasteiger partial charge in [0.2, 0.25) is 47.3 Å². The average Bonchev–Trinajstić information content (AvgIpc) is 3.90. The molecule has 20 N–H and O–H groups in total. The zero-order chi connectivity index (χ0) is 58.2. The molecule has 0 spiro atoms. The number of nitrogens with two attached hydrogens (primary N) is 5. The number of nitrogens with zero attached hydrogens (tertiary/aromatic N) is 1. The summed E-state index contributed by atoms with van der Waals surface area (Å²) < 4.78 is 0.